The van der Waals surface area contributed by atoms with Gasteiger partial charge in [-0.1, -0.05) is 13.8 Å². The monoisotopic (exact) mass is 320 g/mol. The van der Waals surface area contributed by atoms with Crippen LogP contribution in [0.3, 0.4) is 0 Å². The summed E-state index contributed by atoms with van der Waals surface area (Å²) in [5.41, 5.74) is 0.695. The zero-order valence-electron chi connectivity index (χ0n) is 12.8. The van der Waals surface area contributed by atoms with Gasteiger partial charge in [0.2, 0.25) is 5.91 Å². The van der Waals surface area contributed by atoms with E-state index in [2.05, 4.69) is 14.9 Å². The van der Waals surface area contributed by atoms with E-state index in [0.717, 1.165) is 31.7 Å². The van der Waals surface area contributed by atoms with Crippen LogP contribution in [-0.2, 0) is 11.3 Å². The lowest BCUT2D eigenvalue weighted by atomic mass is 10.1. The van der Waals surface area contributed by atoms with Crippen LogP contribution in [0.4, 0.5) is 0 Å². The summed E-state index contributed by atoms with van der Waals surface area (Å²) < 4.78 is 0.677. The summed E-state index contributed by atoms with van der Waals surface area (Å²) in [5, 5.41) is 1.88. The number of amides is 1. The van der Waals surface area contributed by atoms with E-state index in [4.69, 9.17) is 0 Å². The minimum atomic E-state index is -0.0661. The van der Waals surface area contributed by atoms with Crippen molar-refractivity contribution in [1.82, 2.24) is 19.8 Å². The number of carbonyl (C=O) groups is 1. The Kier molecular flexibility index (Phi) is 4.26. The predicted octanol–water partition coefficient (Wildman–Crippen LogP) is 1.28. The Balaban J connectivity index is 1.64. The molecule has 0 atom stereocenters. The van der Waals surface area contributed by atoms with Crippen molar-refractivity contribution in [3.8, 4) is 0 Å². The highest BCUT2D eigenvalue weighted by Crippen LogP contribution is 2.15. The number of thiophene rings is 1. The third-order valence-electron chi connectivity index (χ3n) is 3.92. The van der Waals surface area contributed by atoms with Crippen molar-refractivity contribution in [3.63, 3.8) is 0 Å². The van der Waals surface area contributed by atoms with Crippen LogP contribution in [0.15, 0.2) is 16.2 Å². The van der Waals surface area contributed by atoms with E-state index in [-0.39, 0.29) is 17.4 Å². The van der Waals surface area contributed by atoms with Gasteiger partial charge in [-0.05, 0) is 11.4 Å². The lowest BCUT2D eigenvalue weighted by Crippen LogP contribution is -2.49. The molecule has 3 rings (SSSR count). The molecule has 1 saturated heterocycles. The third kappa shape index (κ3) is 3.05. The molecule has 1 aliphatic heterocycles. The molecular formula is C15H20N4O2S. The highest BCUT2D eigenvalue weighted by atomic mass is 32.1. The second-order valence-corrected chi connectivity index (χ2v) is 6.82. The zero-order chi connectivity index (χ0) is 15.7. The highest BCUT2D eigenvalue weighted by molar-refractivity contribution is 7.17. The first-order valence-electron chi connectivity index (χ1n) is 7.52. The standard InChI is InChI=1S/C15H20N4O2S/c1-10(2)15(21)19-6-4-18(5-7-19)9-12-16-11-3-8-22-13(11)14(20)17-12/h3,8,10H,4-7,9H2,1-2H3,(H,16,17,20). The van der Waals surface area contributed by atoms with Gasteiger partial charge < -0.3 is 9.88 Å². The molecule has 22 heavy (non-hydrogen) atoms. The van der Waals surface area contributed by atoms with Gasteiger partial charge >= 0.3 is 0 Å². The van der Waals surface area contributed by atoms with Crippen LogP contribution in [0.1, 0.15) is 19.7 Å². The molecule has 0 radical (unpaired) electrons. The molecule has 2 aromatic rings. The molecule has 0 aliphatic carbocycles. The number of rotatable bonds is 3. The predicted molar refractivity (Wildman–Crippen MR) is 86.9 cm³/mol. The summed E-state index contributed by atoms with van der Waals surface area (Å²) in [5.74, 6) is 0.955. The number of carbonyl (C=O) groups excluding carboxylic acids is 1. The normalized spacial score (nSPS) is 16.6. The van der Waals surface area contributed by atoms with Crippen molar-refractivity contribution in [2.24, 2.45) is 5.92 Å². The van der Waals surface area contributed by atoms with E-state index >= 15 is 0 Å². The second-order valence-electron chi connectivity index (χ2n) is 5.90. The molecule has 3 heterocycles. The number of H-pyrrole nitrogens is 1. The quantitative estimate of drug-likeness (QED) is 0.925. The number of aromatic amines is 1. The summed E-state index contributed by atoms with van der Waals surface area (Å²) in [6.07, 6.45) is 0. The fraction of sp³-hybridized carbons (Fsp3) is 0.533. The number of nitrogens with one attached hydrogen (secondary N) is 1. The Labute approximate surface area is 132 Å². The third-order valence-corrected chi connectivity index (χ3v) is 4.82. The average molecular weight is 320 g/mol. The van der Waals surface area contributed by atoms with Crippen molar-refractivity contribution in [2.75, 3.05) is 26.2 Å². The topological polar surface area (TPSA) is 69.3 Å². The molecule has 1 N–H and O–H groups in total. The van der Waals surface area contributed by atoms with E-state index in [1.807, 2.05) is 30.2 Å². The average Bonchev–Trinajstić information content (AvgIpc) is 2.96. The van der Waals surface area contributed by atoms with Crippen LogP contribution in [0.5, 0.6) is 0 Å². The van der Waals surface area contributed by atoms with E-state index in [1.54, 1.807) is 0 Å². The maximum atomic E-state index is 12.0. The smallest absolute Gasteiger partial charge is 0.268 e. The molecule has 6 nitrogen and oxygen atoms in total. The van der Waals surface area contributed by atoms with Gasteiger partial charge in [-0.15, -0.1) is 11.3 Å². The first-order chi connectivity index (χ1) is 10.5. The van der Waals surface area contributed by atoms with Gasteiger partial charge in [0.05, 0.1) is 12.1 Å². The van der Waals surface area contributed by atoms with Crippen molar-refractivity contribution in [1.29, 1.82) is 0 Å². The molecule has 2 aromatic heterocycles. The summed E-state index contributed by atoms with van der Waals surface area (Å²) >= 11 is 1.41. The van der Waals surface area contributed by atoms with E-state index < -0.39 is 0 Å². The second kappa shape index (κ2) is 6.18. The lowest BCUT2D eigenvalue weighted by molar-refractivity contribution is -0.136. The molecule has 0 spiro atoms. The van der Waals surface area contributed by atoms with Crippen molar-refractivity contribution >= 4 is 27.5 Å². The van der Waals surface area contributed by atoms with Gasteiger partial charge in [-0.2, -0.15) is 0 Å². The molecule has 0 saturated carbocycles. The van der Waals surface area contributed by atoms with Crippen molar-refractivity contribution < 1.29 is 4.79 Å². The molecule has 7 heteroatoms. The van der Waals surface area contributed by atoms with Crippen LogP contribution >= 0.6 is 11.3 Å². The van der Waals surface area contributed by atoms with Gasteiger partial charge in [0.25, 0.3) is 5.56 Å². The Morgan fingerprint density at radius 3 is 2.77 bits per heavy atom. The van der Waals surface area contributed by atoms with Crippen LogP contribution < -0.4 is 5.56 Å². The first kappa shape index (κ1) is 15.2. The Morgan fingerprint density at radius 2 is 2.09 bits per heavy atom. The minimum absolute atomic E-state index is 0.0468. The summed E-state index contributed by atoms with van der Waals surface area (Å²) in [7, 11) is 0. The number of piperazine rings is 1. The molecule has 0 bridgehead atoms. The van der Waals surface area contributed by atoms with Crippen LogP contribution in [0.2, 0.25) is 0 Å². The van der Waals surface area contributed by atoms with Gasteiger partial charge in [-0.25, -0.2) is 4.98 Å². The fourth-order valence-electron chi connectivity index (χ4n) is 2.70. The first-order valence-corrected chi connectivity index (χ1v) is 8.40. The summed E-state index contributed by atoms with van der Waals surface area (Å²) in [6.45, 7) is 7.57. The Hall–Kier alpha value is -1.73. The van der Waals surface area contributed by atoms with Crippen LogP contribution in [0.25, 0.3) is 10.2 Å². The van der Waals surface area contributed by atoms with E-state index in [0.29, 0.717) is 17.1 Å². The molecule has 1 aliphatic rings. The van der Waals surface area contributed by atoms with Gasteiger partial charge in [0, 0.05) is 32.1 Å². The van der Waals surface area contributed by atoms with E-state index in [9.17, 15) is 9.59 Å². The van der Waals surface area contributed by atoms with Gasteiger partial charge in [-0.3, -0.25) is 14.5 Å². The number of aromatic nitrogens is 2. The number of nitrogens with zero attached hydrogens (tertiary/aromatic N) is 3. The fourth-order valence-corrected chi connectivity index (χ4v) is 3.43. The van der Waals surface area contributed by atoms with Crippen molar-refractivity contribution in [3.05, 3.63) is 27.6 Å². The zero-order valence-corrected chi connectivity index (χ0v) is 13.7. The molecule has 0 unspecified atom stereocenters. The maximum Gasteiger partial charge on any atom is 0.268 e. The Bertz CT molecular complexity index is 728. The van der Waals surface area contributed by atoms with Crippen LogP contribution in [-0.4, -0.2) is 51.9 Å². The van der Waals surface area contributed by atoms with Gasteiger partial charge in [0.1, 0.15) is 10.5 Å². The maximum absolute atomic E-state index is 12.0. The lowest BCUT2D eigenvalue weighted by Gasteiger charge is -2.35. The van der Waals surface area contributed by atoms with Crippen molar-refractivity contribution in [2.45, 2.75) is 20.4 Å². The van der Waals surface area contributed by atoms with E-state index in [1.165, 1.54) is 11.3 Å². The summed E-state index contributed by atoms with van der Waals surface area (Å²) in [6, 6.07) is 1.87. The van der Waals surface area contributed by atoms with Crippen LogP contribution in [0, 0.1) is 5.92 Å². The SMILES string of the molecule is CC(C)C(=O)N1CCN(Cc2nc3ccsc3c(=O)[nH]2)CC1. The molecule has 1 fully saturated rings. The Morgan fingerprint density at radius 1 is 1.36 bits per heavy atom. The largest absolute Gasteiger partial charge is 0.340 e. The highest BCUT2D eigenvalue weighted by Gasteiger charge is 2.23. The molecular weight excluding hydrogens is 300 g/mol. The number of hydrogen-bond acceptors (Lipinski definition) is 5. The minimum Gasteiger partial charge on any atom is -0.340 e. The molecule has 1 amide bonds. The number of hydrogen-bond donors (Lipinski definition) is 1. The summed E-state index contributed by atoms with van der Waals surface area (Å²) in [4.78, 5) is 35.4. The van der Waals surface area contributed by atoms with Gasteiger partial charge in [0.15, 0.2) is 0 Å². The number of fused-ring (bicyclic) bond motifs is 1. The molecule has 118 valence electrons. The molecule has 0 aromatic carbocycles.